The van der Waals surface area contributed by atoms with Crippen molar-refractivity contribution < 1.29 is 42.9 Å². The van der Waals surface area contributed by atoms with Gasteiger partial charge in [-0.15, -0.1) is 0 Å². The topological polar surface area (TPSA) is 111 Å². The Balaban J connectivity index is 4.41. The molecule has 0 bridgehead atoms. The lowest BCUT2D eigenvalue weighted by Gasteiger charge is -2.26. The Labute approximate surface area is 517 Å². The second-order valence-electron chi connectivity index (χ2n) is 21.2. The molecule has 0 fully saturated rings. The highest BCUT2D eigenvalue weighted by Crippen LogP contribution is 2.10. The maximum Gasteiger partial charge on any atom is 0.306 e. The number of allylic oxidation sites excluding steroid dienone is 36. The summed E-state index contributed by atoms with van der Waals surface area (Å²) < 4.78 is 22.6. The van der Waals surface area contributed by atoms with Crippen molar-refractivity contribution in [2.45, 2.75) is 193 Å². The monoisotopic (exact) mass is 1170 g/mol. The van der Waals surface area contributed by atoms with E-state index in [1.165, 1.54) is 0 Å². The molecule has 0 rings (SSSR count). The third kappa shape index (κ3) is 65.0. The molecular weight excluding hydrogens is 1050 g/mol. The molecule has 9 heteroatoms. The van der Waals surface area contributed by atoms with Crippen LogP contribution < -0.4 is 5.11 Å². The van der Waals surface area contributed by atoms with Crippen molar-refractivity contribution in [3.05, 3.63) is 219 Å². The molecule has 0 aliphatic heterocycles. The number of ether oxygens (including phenoxy) is 4. The van der Waals surface area contributed by atoms with E-state index in [0.29, 0.717) is 30.3 Å². The van der Waals surface area contributed by atoms with Crippen molar-refractivity contribution in [3.8, 4) is 0 Å². The van der Waals surface area contributed by atoms with Crippen LogP contribution >= 0.6 is 0 Å². The van der Waals surface area contributed by atoms with Crippen LogP contribution in [0.4, 0.5) is 0 Å². The Morgan fingerprint density at radius 2 is 0.647 bits per heavy atom. The Hall–Kier alpha value is -6.39. The van der Waals surface area contributed by atoms with Crippen LogP contribution in [-0.4, -0.2) is 82.3 Å². The first-order valence-corrected chi connectivity index (χ1v) is 31.9. The second kappa shape index (κ2) is 63.6. The number of quaternary nitrogens is 1. The Bertz CT molecular complexity index is 2190. The van der Waals surface area contributed by atoms with Crippen LogP contribution in [-0.2, 0) is 33.3 Å². The minimum absolute atomic E-state index is 0.118. The highest BCUT2D eigenvalue weighted by molar-refractivity contribution is 5.70. The summed E-state index contributed by atoms with van der Waals surface area (Å²) >= 11 is 0. The van der Waals surface area contributed by atoms with Crippen LogP contribution in [0.3, 0.4) is 0 Å². The number of esters is 2. The highest BCUT2D eigenvalue weighted by atomic mass is 16.7. The molecule has 2 atom stereocenters. The zero-order chi connectivity index (χ0) is 61.9. The van der Waals surface area contributed by atoms with Crippen LogP contribution in [0.25, 0.3) is 0 Å². The fourth-order valence-corrected chi connectivity index (χ4v) is 7.41. The third-order valence-electron chi connectivity index (χ3n) is 12.2. The average molecular weight is 1170 g/mol. The van der Waals surface area contributed by atoms with E-state index < -0.39 is 30.3 Å². The predicted molar refractivity (Wildman–Crippen MR) is 360 cm³/mol. The van der Waals surface area contributed by atoms with Crippen molar-refractivity contribution in [3.63, 3.8) is 0 Å². The number of nitrogens with zero attached hydrogens (tertiary/aromatic N) is 1. The number of carbonyl (C=O) groups is 3. The van der Waals surface area contributed by atoms with Crippen molar-refractivity contribution in [1.82, 2.24) is 0 Å². The third-order valence-corrected chi connectivity index (χ3v) is 12.2. The Kier molecular flexibility index (Phi) is 58.8. The van der Waals surface area contributed by atoms with Gasteiger partial charge in [-0.3, -0.25) is 9.59 Å². The SMILES string of the molecule is CC/C=C\C/C=C\C/C=C\C/C=C\C/C=C\C/C=C\C/C=C\C/C=C\C/C=C\C/C=C\C/C=C\CCCCCC(=O)OC(COC(=O)CCC/C=C\C/C=C\C/C=C\C/C=C\C/C=C\C/C=C\C/C=C\CC)COC(OCC[N+](C)(C)C)C(=O)[O-]. The first kappa shape index (κ1) is 78.6. The molecule has 9 nitrogen and oxygen atoms in total. The number of hydrogen-bond acceptors (Lipinski definition) is 8. The van der Waals surface area contributed by atoms with Gasteiger partial charge in [0.15, 0.2) is 12.4 Å². The molecule has 0 aliphatic carbocycles. The number of unbranched alkanes of at least 4 members (excludes halogenated alkanes) is 4. The molecule has 0 aliphatic rings. The molecule has 2 unspecified atom stereocenters. The summed E-state index contributed by atoms with van der Waals surface area (Å²) in [5.41, 5.74) is 0. The van der Waals surface area contributed by atoms with Gasteiger partial charge in [0.25, 0.3) is 0 Å². The summed E-state index contributed by atoms with van der Waals surface area (Å²) in [6.45, 7) is 4.36. The van der Waals surface area contributed by atoms with E-state index in [4.69, 9.17) is 18.9 Å². The molecular formula is C76H113NO8. The largest absolute Gasteiger partial charge is 0.545 e. The van der Waals surface area contributed by atoms with Crippen LogP contribution in [0.15, 0.2) is 219 Å². The summed E-state index contributed by atoms with van der Waals surface area (Å²) in [7, 11) is 5.87. The molecule has 0 radical (unpaired) electrons. The van der Waals surface area contributed by atoms with Gasteiger partial charge in [0.2, 0.25) is 0 Å². The van der Waals surface area contributed by atoms with Gasteiger partial charge in [-0.1, -0.05) is 239 Å². The minimum atomic E-state index is -1.66. The first-order valence-electron chi connectivity index (χ1n) is 31.9. The minimum Gasteiger partial charge on any atom is -0.545 e. The molecule has 0 aromatic rings. The van der Waals surface area contributed by atoms with Crippen LogP contribution in [0.1, 0.15) is 181 Å². The molecule has 0 heterocycles. The smallest absolute Gasteiger partial charge is 0.306 e. The number of likely N-dealkylation sites (N-methyl/N-ethyl adjacent to an activating group) is 1. The molecule has 85 heavy (non-hydrogen) atoms. The lowest BCUT2D eigenvalue weighted by molar-refractivity contribution is -0.870. The van der Waals surface area contributed by atoms with Gasteiger partial charge in [0.05, 0.1) is 40.3 Å². The fourth-order valence-electron chi connectivity index (χ4n) is 7.41. The summed E-state index contributed by atoms with van der Waals surface area (Å²) in [6.07, 6.45) is 98.6. The molecule has 0 N–H and O–H groups in total. The van der Waals surface area contributed by atoms with E-state index in [2.05, 4.69) is 233 Å². The lowest BCUT2D eigenvalue weighted by Crippen LogP contribution is -2.44. The summed E-state index contributed by atoms with van der Waals surface area (Å²) in [5, 5.41) is 11.8. The van der Waals surface area contributed by atoms with Gasteiger partial charge in [0, 0.05) is 12.8 Å². The van der Waals surface area contributed by atoms with Crippen LogP contribution in [0.2, 0.25) is 0 Å². The van der Waals surface area contributed by atoms with Gasteiger partial charge in [-0.05, 0) is 148 Å². The zero-order valence-electron chi connectivity index (χ0n) is 53.4. The van der Waals surface area contributed by atoms with E-state index >= 15 is 0 Å². The number of rotatable bonds is 55. The average Bonchev–Trinajstić information content (AvgIpc) is 3.48. The molecule has 0 aromatic carbocycles. The number of carboxylic acids is 1. The fraction of sp³-hybridized carbons (Fsp3) is 0.487. The van der Waals surface area contributed by atoms with Crippen LogP contribution in [0, 0.1) is 0 Å². The number of carboxylic acid groups (broad SMARTS) is 1. The molecule has 0 saturated heterocycles. The predicted octanol–water partition coefficient (Wildman–Crippen LogP) is 18.5. The van der Waals surface area contributed by atoms with Gasteiger partial charge in [-0.25, -0.2) is 0 Å². The Morgan fingerprint density at radius 1 is 0.353 bits per heavy atom. The van der Waals surface area contributed by atoms with Crippen molar-refractivity contribution in [1.29, 1.82) is 0 Å². The number of carbonyl (C=O) groups excluding carboxylic acids is 3. The normalized spacial score (nSPS) is 14.2. The summed E-state index contributed by atoms with van der Waals surface area (Å²) in [4.78, 5) is 37.3. The second-order valence-corrected chi connectivity index (χ2v) is 21.2. The van der Waals surface area contributed by atoms with Gasteiger partial charge in [0.1, 0.15) is 13.2 Å². The maximum absolute atomic E-state index is 12.9. The number of hydrogen-bond donors (Lipinski definition) is 0. The van der Waals surface area contributed by atoms with Crippen molar-refractivity contribution in [2.24, 2.45) is 0 Å². The summed E-state index contributed by atoms with van der Waals surface area (Å²) in [6, 6.07) is 0. The molecule has 0 amide bonds. The van der Waals surface area contributed by atoms with Crippen molar-refractivity contribution in [2.75, 3.05) is 47.5 Å². The van der Waals surface area contributed by atoms with Crippen LogP contribution in [0.5, 0.6) is 0 Å². The van der Waals surface area contributed by atoms with E-state index in [-0.39, 0.29) is 32.7 Å². The standard InChI is InChI=1S/C76H113NO8/c1-6-8-10-12-14-16-18-20-22-24-26-28-30-31-32-33-34-35-36-37-38-39-40-41-42-43-45-47-49-51-53-55-57-59-61-63-65-67-74(79)85-72(71-84-76(75(80)81)82-69-68-77(3,4)5)70-83-73(78)66-64-62-60-58-56-54-52-50-48-46-44-29-27-25-23-21-19-17-15-13-11-9-7-2/h8-11,14-17,20-23,26-29,31-32,34-35,37-38,40-41,43,45-46,48-49,51-52,54-55,57-58,60,72,76H,6-7,12-13,18-19,24-25,30,33,36,39,42,44,47,50,53,56,59,61-71H2,1-5H3/b10-8-,11-9-,16-14-,17-15-,22-20-,23-21-,28-26-,29-27-,32-31-,35-34-,38-37-,41-40-,45-43-,48-46-,51-49-,54-52-,57-55-,60-58-. The summed E-state index contributed by atoms with van der Waals surface area (Å²) in [5.74, 6) is -2.44. The zero-order valence-corrected chi connectivity index (χ0v) is 53.4. The number of aliphatic carboxylic acids is 1. The molecule has 0 spiro atoms. The Morgan fingerprint density at radius 3 is 0.953 bits per heavy atom. The van der Waals surface area contributed by atoms with Gasteiger partial charge in [-0.2, -0.15) is 0 Å². The van der Waals surface area contributed by atoms with E-state index in [0.717, 1.165) is 135 Å². The lowest BCUT2D eigenvalue weighted by atomic mass is 10.1. The highest BCUT2D eigenvalue weighted by Gasteiger charge is 2.22. The van der Waals surface area contributed by atoms with Gasteiger partial charge < -0.3 is 33.3 Å². The van der Waals surface area contributed by atoms with E-state index in [1.54, 1.807) is 0 Å². The van der Waals surface area contributed by atoms with E-state index in [9.17, 15) is 19.5 Å². The maximum atomic E-state index is 12.9. The van der Waals surface area contributed by atoms with Crippen molar-refractivity contribution >= 4 is 17.9 Å². The van der Waals surface area contributed by atoms with E-state index in [1.807, 2.05) is 21.1 Å². The quantitative estimate of drug-likeness (QED) is 0.0195. The van der Waals surface area contributed by atoms with Gasteiger partial charge >= 0.3 is 11.9 Å². The molecule has 0 saturated carbocycles. The first-order chi connectivity index (χ1) is 41.6. The molecule has 0 aromatic heterocycles. The molecule has 470 valence electrons.